The van der Waals surface area contributed by atoms with Crippen LogP contribution in [-0.4, -0.2) is 83.6 Å². The summed E-state index contributed by atoms with van der Waals surface area (Å²) in [4.78, 5) is 39.3. The van der Waals surface area contributed by atoms with Gasteiger partial charge in [-0.25, -0.2) is 0 Å². The molecule has 0 unspecified atom stereocenters. The van der Waals surface area contributed by atoms with Crippen molar-refractivity contribution in [3.8, 4) is 5.75 Å². The lowest BCUT2D eigenvalue weighted by Gasteiger charge is -2.42. The summed E-state index contributed by atoms with van der Waals surface area (Å²) >= 11 is 1.87. The molecule has 0 aliphatic carbocycles. The predicted molar refractivity (Wildman–Crippen MR) is 148 cm³/mol. The third kappa shape index (κ3) is 7.70. The van der Waals surface area contributed by atoms with Gasteiger partial charge in [0.2, 0.25) is 5.91 Å². The largest absolute Gasteiger partial charge is 0.497 e. The van der Waals surface area contributed by atoms with Gasteiger partial charge in [0.05, 0.1) is 24.1 Å². The Balaban J connectivity index is 1.13. The summed E-state index contributed by atoms with van der Waals surface area (Å²) in [6.45, 7) is 1.82. The zero-order valence-corrected chi connectivity index (χ0v) is 22.8. The van der Waals surface area contributed by atoms with E-state index in [9.17, 15) is 19.7 Å². The molecule has 2 N–H and O–H groups in total. The molecule has 0 radical (unpaired) electrons. The highest BCUT2D eigenvalue weighted by Gasteiger charge is 2.41. The van der Waals surface area contributed by atoms with Crippen LogP contribution in [0.2, 0.25) is 0 Å². The van der Waals surface area contributed by atoms with Crippen molar-refractivity contribution < 1.29 is 24.0 Å². The first-order valence-electron chi connectivity index (χ1n) is 12.7. The lowest BCUT2D eigenvalue weighted by molar-refractivity contribution is -0.384. The van der Waals surface area contributed by atoms with Crippen LogP contribution < -0.4 is 10.1 Å². The normalized spacial score (nSPS) is 19.3. The Bertz CT molecular complexity index is 1190. The smallest absolute Gasteiger partial charge is 0.313 e. The standard InChI is InChI=1S/C27H33N5O6S/c1-30-15-23(39-17-19-5-9-22(37-2)10-6-19)11-24(30)27(34)31-13-20(14-31)29-25(28)12-26(33)38-16-18-3-7-21(8-4-18)32(35)36/h3-10,20,23-24H,11-17H2,1-2H3,(H2,28,29)/t23-,24-/m0/s1. The Morgan fingerprint density at radius 2 is 1.77 bits per heavy atom. The number of nitro groups is 1. The van der Waals surface area contributed by atoms with E-state index in [1.165, 1.54) is 29.8 Å². The van der Waals surface area contributed by atoms with E-state index < -0.39 is 10.9 Å². The number of methoxy groups -OCH3 is 1. The molecule has 11 nitrogen and oxygen atoms in total. The lowest BCUT2D eigenvalue weighted by atomic mass is 10.1. The SMILES string of the molecule is COc1ccc(CS[C@H]2C[C@@H](C(=O)N3CC(NC(=N)CC(=O)OCc4ccc([N+](=O)[O-])cc4)C3)N(C)C2)cc1. The van der Waals surface area contributed by atoms with Crippen LogP contribution in [0.3, 0.4) is 0 Å². The number of ether oxygens (including phenoxy) is 2. The van der Waals surface area contributed by atoms with E-state index in [1.54, 1.807) is 12.0 Å². The van der Waals surface area contributed by atoms with Gasteiger partial charge in [0.1, 0.15) is 24.6 Å². The van der Waals surface area contributed by atoms with Crippen molar-refractivity contribution >= 4 is 35.2 Å². The van der Waals surface area contributed by atoms with Crippen LogP contribution >= 0.6 is 11.8 Å². The summed E-state index contributed by atoms with van der Waals surface area (Å²) < 4.78 is 10.4. The summed E-state index contributed by atoms with van der Waals surface area (Å²) in [5.74, 6) is 1.30. The molecule has 2 aliphatic heterocycles. The van der Waals surface area contributed by atoms with Gasteiger partial charge in [-0.1, -0.05) is 12.1 Å². The Morgan fingerprint density at radius 3 is 2.41 bits per heavy atom. The number of nitrogens with one attached hydrogen (secondary N) is 2. The zero-order chi connectivity index (χ0) is 27.9. The van der Waals surface area contributed by atoms with Gasteiger partial charge < -0.3 is 19.7 Å². The molecule has 0 saturated carbocycles. The second-order valence-electron chi connectivity index (χ2n) is 9.80. The monoisotopic (exact) mass is 555 g/mol. The van der Waals surface area contributed by atoms with Crippen molar-refractivity contribution in [3.05, 3.63) is 69.8 Å². The summed E-state index contributed by atoms with van der Waals surface area (Å²) in [6.07, 6.45) is 0.594. The topological polar surface area (TPSA) is 138 Å². The van der Waals surface area contributed by atoms with Crippen LogP contribution in [0, 0.1) is 15.5 Å². The lowest BCUT2D eigenvalue weighted by Crippen LogP contribution is -2.63. The number of likely N-dealkylation sites (tertiary alicyclic amines) is 2. The molecule has 4 rings (SSSR count). The van der Waals surface area contributed by atoms with Crippen molar-refractivity contribution in [2.45, 2.75) is 42.5 Å². The highest BCUT2D eigenvalue weighted by atomic mass is 32.2. The molecule has 12 heteroatoms. The number of thioether (sulfide) groups is 1. The zero-order valence-electron chi connectivity index (χ0n) is 22.0. The van der Waals surface area contributed by atoms with Crippen LogP contribution in [0.15, 0.2) is 48.5 Å². The maximum absolute atomic E-state index is 13.1. The Labute approximate surface area is 231 Å². The fourth-order valence-electron chi connectivity index (χ4n) is 4.63. The Hall–Kier alpha value is -3.64. The quantitative estimate of drug-likeness (QED) is 0.141. The molecule has 0 bridgehead atoms. The minimum absolute atomic E-state index is 0.0237. The minimum atomic E-state index is -0.566. The third-order valence-corrected chi connectivity index (χ3v) is 8.19. The number of likely N-dealkylation sites (N-methyl/N-ethyl adjacent to an activating group) is 1. The molecule has 39 heavy (non-hydrogen) atoms. The van der Waals surface area contributed by atoms with Crippen molar-refractivity contribution in [2.75, 3.05) is 33.8 Å². The molecule has 2 atom stereocenters. The van der Waals surface area contributed by atoms with Gasteiger partial charge in [0, 0.05) is 42.8 Å². The summed E-state index contributed by atoms with van der Waals surface area (Å²) in [5, 5.41) is 22.2. The molecule has 2 saturated heterocycles. The van der Waals surface area contributed by atoms with E-state index in [-0.39, 0.29) is 42.5 Å². The molecule has 2 fully saturated rings. The molecular weight excluding hydrogens is 522 g/mol. The van der Waals surface area contributed by atoms with Crippen molar-refractivity contribution in [1.82, 2.24) is 15.1 Å². The van der Waals surface area contributed by atoms with Crippen molar-refractivity contribution in [3.63, 3.8) is 0 Å². The number of carbonyl (C=O) groups is 2. The number of non-ortho nitro benzene ring substituents is 1. The predicted octanol–water partition coefficient (Wildman–Crippen LogP) is 2.82. The van der Waals surface area contributed by atoms with Gasteiger partial charge in [0.15, 0.2) is 0 Å². The van der Waals surface area contributed by atoms with Gasteiger partial charge in [-0.2, -0.15) is 11.8 Å². The third-order valence-electron chi connectivity index (χ3n) is 6.88. The highest BCUT2D eigenvalue weighted by molar-refractivity contribution is 7.99. The van der Waals surface area contributed by atoms with Gasteiger partial charge in [0.25, 0.3) is 5.69 Å². The Morgan fingerprint density at radius 1 is 1.10 bits per heavy atom. The number of nitro benzene ring substituents is 1. The number of nitrogens with zero attached hydrogens (tertiary/aromatic N) is 3. The van der Waals surface area contributed by atoms with E-state index >= 15 is 0 Å². The molecule has 0 spiro atoms. The molecule has 0 aromatic heterocycles. The van der Waals surface area contributed by atoms with Gasteiger partial charge >= 0.3 is 5.97 Å². The number of amidine groups is 1. The van der Waals surface area contributed by atoms with Gasteiger partial charge in [-0.3, -0.25) is 30.0 Å². The first-order chi connectivity index (χ1) is 18.7. The molecule has 1 amide bonds. The van der Waals surface area contributed by atoms with E-state index in [1.807, 2.05) is 30.9 Å². The number of carbonyl (C=O) groups excluding carboxylic acids is 2. The number of benzene rings is 2. The first kappa shape index (κ1) is 28.4. The number of amides is 1. The fraction of sp³-hybridized carbons (Fsp3) is 0.444. The average molecular weight is 556 g/mol. The summed E-state index contributed by atoms with van der Waals surface area (Å²) in [5.41, 5.74) is 1.82. The second kappa shape index (κ2) is 12.9. The van der Waals surface area contributed by atoms with Crippen molar-refractivity contribution in [2.24, 2.45) is 0 Å². The van der Waals surface area contributed by atoms with Crippen LogP contribution in [0.25, 0.3) is 0 Å². The van der Waals surface area contributed by atoms with Gasteiger partial charge in [-0.15, -0.1) is 0 Å². The fourth-order valence-corrected chi connectivity index (χ4v) is 5.91. The number of rotatable bonds is 11. The molecule has 208 valence electrons. The first-order valence-corrected chi connectivity index (χ1v) is 13.7. The molecule has 2 aromatic carbocycles. The summed E-state index contributed by atoms with van der Waals surface area (Å²) in [6, 6.07) is 13.6. The number of esters is 1. The molecular formula is C27H33N5O6S. The van der Waals surface area contributed by atoms with Crippen LogP contribution in [0.1, 0.15) is 24.0 Å². The van der Waals surface area contributed by atoms with E-state index in [0.29, 0.717) is 23.9 Å². The van der Waals surface area contributed by atoms with E-state index in [0.717, 1.165) is 24.5 Å². The maximum Gasteiger partial charge on any atom is 0.313 e. The highest BCUT2D eigenvalue weighted by Crippen LogP contribution is 2.31. The second-order valence-corrected chi connectivity index (χ2v) is 11.1. The molecule has 2 aromatic rings. The Kier molecular flexibility index (Phi) is 9.41. The van der Waals surface area contributed by atoms with Crippen LogP contribution in [0.4, 0.5) is 5.69 Å². The molecule has 2 heterocycles. The molecule has 2 aliphatic rings. The number of hydrogen-bond acceptors (Lipinski definition) is 9. The summed E-state index contributed by atoms with van der Waals surface area (Å²) in [7, 11) is 3.64. The minimum Gasteiger partial charge on any atom is -0.497 e. The van der Waals surface area contributed by atoms with E-state index in [4.69, 9.17) is 14.9 Å². The van der Waals surface area contributed by atoms with E-state index in [2.05, 4.69) is 22.3 Å². The van der Waals surface area contributed by atoms with Crippen LogP contribution in [-0.2, 0) is 26.7 Å². The van der Waals surface area contributed by atoms with Crippen molar-refractivity contribution in [1.29, 1.82) is 5.41 Å². The maximum atomic E-state index is 13.1. The average Bonchev–Trinajstić information content (AvgIpc) is 3.28. The van der Waals surface area contributed by atoms with Crippen LogP contribution in [0.5, 0.6) is 5.75 Å². The number of hydrogen-bond donors (Lipinski definition) is 2. The van der Waals surface area contributed by atoms with Gasteiger partial charge in [-0.05, 0) is 48.9 Å².